The first-order valence-electron chi connectivity index (χ1n) is 10.1. The van der Waals surface area contributed by atoms with Gasteiger partial charge in [0, 0.05) is 19.3 Å². The maximum absolute atomic E-state index is 12.7. The highest BCUT2D eigenvalue weighted by molar-refractivity contribution is 7.17. The van der Waals surface area contributed by atoms with E-state index >= 15 is 0 Å². The van der Waals surface area contributed by atoms with Crippen molar-refractivity contribution >= 4 is 23.2 Å². The Balaban J connectivity index is 1.39. The quantitative estimate of drug-likeness (QED) is 0.529. The lowest BCUT2D eigenvalue weighted by Crippen LogP contribution is -2.38. The monoisotopic (exact) mass is 453 g/mol. The summed E-state index contributed by atoms with van der Waals surface area (Å²) in [5, 5.41) is 0.637. The first kappa shape index (κ1) is 21.8. The molecule has 0 unspecified atom stereocenters. The number of methoxy groups -OCH3 is 2. The fourth-order valence-electron chi connectivity index (χ4n) is 3.56. The number of hydrogen-bond acceptors (Lipinski definition) is 8. The zero-order chi connectivity index (χ0) is 22.7. The van der Waals surface area contributed by atoms with Gasteiger partial charge in [-0.3, -0.25) is 9.78 Å². The van der Waals surface area contributed by atoms with Gasteiger partial charge >= 0.3 is 5.97 Å². The number of hydrogen-bond donors (Lipinski definition) is 0. The molecule has 32 heavy (non-hydrogen) atoms. The largest absolute Gasteiger partial charge is 0.493 e. The van der Waals surface area contributed by atoms with Gasteiger partial charge < -0.3 is 19.1 Å². The molecular formula is C23H23N3O5S. The second-order valence-electron chi connectivity index (χ2n) is 7.27. The highest BCUT2D eigenvalue weighted by Crippen LogP contribution is 2.33. The van der Waals surface area contributed by atoms with E-state index in [0.717, 1.165) is 11.1 Å². The van der Waals surface area contributed by atoms with E-state index in [-0.39, 0.29) is 12.5 Å². The number of ether oxygens (including phenoxy) is 3. The van der Waals surface area contributed by atoms with E-state index < -0.39 is 5.97 Å². The molecule has 0 radical (unpaired) electrons. The lowest BCUT2D eigenvalue weighted by atomic mass is 9.99. The van der Waals surface area contributed by atoms with Crippen LogP contribution < -0.4 is 9.47 Å². The Morgan fingerprint density at radius 3 is 2.56 bits per heavy atom. The van der Waals surface area contributed by atoms with E-state index in [1.165, 1.54) is 11.3 Å². The van der Waals surface area contributed by atoms with Crippen molar-refractivity contribution in [3.05, 3.63) is 58.2 Å². The molecule has 0 atom stereocenters. The molecule has 9 heteroatoms. The van der Waals surface area contributed by atoms with Crippen molar-refractivity contribution in [3.8, 4) is 22.2 Å². The zero-order valence-electron chi connectivity index (χ0n) is 18.1. The van der Waals surface area contributed by atoms with Crippen molar-refractivity contribution in [3.63, 3.8) is 0 Å². The number of aryl methyl sites for hydroxylation is 1. The van der Waals surface area contributed by atoms with E-state index in [2.05, 4.69) is 9.97 Å². The predicted molar refractivity (Wildman–Crippen MR) is 119 cm³/mol. The highest BCUT2D eigenvalue weighted by Gasteiger charge is 2.25. The molecule has 1 aliphatic heterocycles. The maximum atomic E-state index is 12.7. The van der Waals surface area contributed by atoms with Crippen LogP contribution in [0.2, 0.25) is 0 Å². The number of carbonyl (C=O) groups excluding carboxylic acids is 2. The zero-order valence-corrected chi connectivity index (χ0v) is 18.9. The summed E-state index contributed by atoms with van der Waals surface area (Å²) in [5.74, 6) is 0.492. The van der Waals surface area contributed by atoms with E-state index in [9.17, 15) is 9.59 Å². The minimum absolute atomic E-state index is 0.245. The van der Waals surface area contributed by atoms with Gasteiger partial charge in [0.05, 0.1) is 25.6 Å². The summed E-state index contributed by atoms with van der Waals surface area (Å²) in [6.07, 6.45) is 2.36. The summed E-state index contributed by atoms with van der Waals surface area (Å²) in [4.78, 5) is 36.0. The Bertz CT molecular complexity index is 1150. The predicted octanol–water partition coefficient (Wildman–Crippen LogP) is 3.27. The van der Waals surface area contributed by atoms with Crippen LogP contribution in [-0.4, -0.2) is 54.1 Å². The first-order chi connectivity index (χ1) is 15.5. The van der Waals surface area contributed by atoms with Gasteiger partial charge in [0.2, 0.25) is 0 Å². The Labute approximate surface area is 189 Å². The van der Waals surface area contributed by atoms with Gasteiger partial charge in [-0.15, -0.1) is 11.3 Å². The molecule has 1 amide bonds. The van der Waals surface area contributed by atoms with E-state index in [4.69, 9.17) is 14.2 Å². The number of aromatic nitrogens is 2. The molecule has 8 nitrogen and oxygen atoms in total. The van der Waals surface area contributed by atoms with Crippen molar-refractivity contribution in [1.29, 1.82) is 0 Å². The normalized spacial score (nSPS) is 12.8. The van der Waals surface area contributed by atoms with Gasteiger partial charge in [-0.2, -0.15) is 0 Å². The van der Waals surface area contributed by atoms with Crippen molar-refractivity contribution in [1.82, 2.24) is 14.9 Å². The molecule has 3 aromatic rings. The molecule has 0 spiro atoms. The molecular weight excluding hydrogens is 430 g/mol. The maximum Gasteiger partial charge on any atom is 0.350 e. The van der Waals surface area contributed by atoms with E-state index in [0.29, 0.717) is 52.3 Å². The second-order valence-corrected chi connectivity index (χ2v) is 8.26. The number of benzene rings is 1. The van der Waals surface area contributed by atoms with Crippen LogP contribution in [-0.2, 0) is 22.5 Å². The Morgan fingerprint density at radius 1 is 1.12 bits per heavy atom. The minimum Gasteiger partial charge on any atom is -0.493 e. The molecule has 0 fully saturated rings. The Hall–Kier alpha value is -3.46. The van der Waals surface area contributed by atoms with Crippen LogP contribution >= 0.6 is 11.3 Å². The summed E-state index contributed by atoms with van der Waals surface area (Å²) < 4.78 is 16.0. The van der Waals surface area contributed by atoms with Crippen molar-refractivity contribution in [2.24, 2.45) is 0 Å². The number of thiazole rings is 1. The van der Waals surface area contributed by atoms with Crippen LogP contribution in [0.4, 0.5) is 0 Å². The standard InChI is InChI=1S/C23H23N3O5S/c1-14-21(32-22(25-14)17-6-4-5-8-24-17)23(28)31-13-20(27)26-9-7-15-10-18(29-2)19(30-3)11-16(15)12-26/h4-6,8,10-11H,7,9,12-13H2,1-3H3. The van der Waals surface area contributed by atoms with Crippen molar-refractivity contribution in [2.45, 2.75) is 19.9 Å². The SMILES string of the molecule is COc1cc2c(cc1OC)CN(C(=O)COC(=O)c1sc(-c3ccccn3)nc1C)CC2. The molecule has 4 rings (SSSR count). The van der Waals surface area contributed by atoms with Crippen molar-refractivity contribution in [2.75, 3.05) is 27.4 Å². The molecule has 166 valence electrons. The third-order valence-electron chi connectivity index (χ3n) is 5.26. The summed E-state index contributed by atoms with van der Waals surface area (Å²) in [5.41, 5.74) is 3.36. The van der Waals surface area contributed by atoms with Gasteiger partial charge in [0.15, 0.2) is 18.1 Å². The Kier molecular flexibility index (Phi) is 6.36. The van der Waals surface area contributed by atoms with Crippen LogP contribution in [0.1, 0.15) is 26.5 Å². The molecule has 1 aromatic carbocycles. The third-order valence-corrected chi connectivity index (χ3v) is 6.42. The van der Waals surface area contributed by atoms with Crippen LogP contribution in [0.5, 0.6) is 11.5 Å². The molecule has 0 bridgehead atoms. The van der Waals surface area contributed by atoms with Gasteiger partial charge in [-0.25, -0.2) is 9.78 Å². The van der Waals surface area contributed by atoms with E-state index in [1.54, 1.807) is 32.2 Å². The third kappa shape index (κ3) is 4.43. The Morgan fingerprint density at radius 2 is 1.88 bits per heavy atom. The number of fused-ring (bicyclic) bond motifs is 1. The average molecular weight is 454 g/mol. The lowest BCUT2D eigenvalue weighted by Gasteiger charge is -2.29. The van der Waals surface area contributed by atoms with Crippen LogP contribution in [0.3, 0.4) is 0 Å². The van der Waals surface area contributed by atoms with Gasteiger partial charge in [-0.1, -0.05) is 6.07 Å². The van der Waals surface area contributed by atoms with Gasteiger partial charge in [-0.05, 0) is 48.7 Å². The molecule has 1 aliphatic rings. The molecule has 0 saturated heterocycles. The molecule has 3 heterocycles. The molecule has 0 aliphatic carbocycles. The molecule has 0 N–H and O–H groups in total. The lowest BCUT2D eigenvalue weighted by molar-refractivity contribution is -0.135. The number of esters is 1. The number of pyridine rings is 1. The number of amides is 1. The van der Waals surface area contributed by atoms with Crippen LogP contribution in [0.15, 0.2) is 36.5 Å². The number of rotatable bonds is 6. The number of nitrogens with zero attached hydrogens (tertiary/aromatic N) is 3. The minimum atomic E-state index is -0.556. The smallest absolute Gasteiger partial charge is 0.350 e. The second kappa shape index (κ2) is 9.35. The average Bonchev–Trinajstić information content (AvgIpc) is 3.23. The number of carbonyl (C=O) groups is 2. The van der Waals surface area contributed by atoms with Gasteiger partial charge in [0.1, 0.15) is 9.88 Å². The summed E-state index contributed by atoms with van der Waals surface area (Å²) in [6.45, 7) is 2.39. The van der Waals surface area contributed by atoms with Gasteiger partial charge in [0.25, 0.3) is 5.91 Å². The summed E-state index contributed by atoms with van der Waals surface area (Å²) in [6, 6.07) is 9.34. The summed E-state index contributed by atoms with van der Waals surface area (Å²) >= 11 is 1.21. The van der Waals surface area contributed by atoms with Crippen molar-refractivity contribution < 1.29 is 23.8 Å². The van der Waals surface area contributed by atoms with Crippen LogP contribution in [0, 0.1) is 6.92 Å². The topological polar surface area (TPSA) is 90.8 Å². The fourth-order valence-corrected chi connectivity index (χ4v) is 4.50. The van der Waals surface area contributed by atoms with Crippen LogP contribution in [0.25, 0.3) is 10.7 Å². The first-order valence-corrected chi connectivity index (χ1v) is 10.9. The molecule has 0 saturated carbocycles. The fraction of sp³-hybridized carbons (Fsp3) is 0.304. The summed E-state index contributed by atoms with van der Waals surface area (Å²) in [7, 11) is 3.18. The molecule has 2 aromatic heterocycles. The van der Waals surface area contributed by atoms with E-state index in [1.807, 2.05) is 30.3 Å². The highest BCUT2D eigenvalue weighted by atomic mass is 32.1.